The van der Waals surface area contributed by atoms with E-state index in [0.717, 1.165) is 5.56 Å². The molecule has 26 heavy (non-hydrogen) atoms. The lowest BCUT2D eigenvalue weighted by atomic mass is 10.2. The summed E-state index contributed by atoms with van der Waals surface area (Å²) in [6.07, 6.45) is 0. The quantitative estimate of drug-likeness (QED) is 0.768. The number of amides is 1. The lowest BCUT2D eigenvalue weighted by molar-refractivity contribution is 0.0956. The first-order valence-corrected chi connectivity index (χ1v) is 9.98. The molecule has 140 valence electrons. The van der Waals surface area contributed by atoms with E-state index in [1.807, 2.05) is 44.2 Å². The molecule has 0 aliphatic heterocycles. The van der Waals surface area contributed by atoms with Crippen LogP contribution in [0, 0.1) is 5.82 Å². The molecule has 0 aliphatic carbocycles. The number of sulfonamides is 1. The van der Waals surface area contributed by atoms with Crippen molar-refractivity contribution >= 4 is 15.9 Å². The van der Waals surface area contributed by atoms with E-state index in [-0.39, 0.29) is 30.4 Å². The molecule has 0 radical (unpaired) electrons. The predicted molar refractivity (Wildman–Crippen MR) is 99.6 cm³/mol. The zero-order valence-electron chi connectivity index (χ0n) is 14.9. The highest BCUT2D eigenvalue weighted by atomic mass is 32.2. The Bertz CT molecular complexity index is 822. The number of carbonyl (C=O) groups excluding carboxylic acids is 1. The van der Waals surface area contributed by atoms with Crippen molar-refractivity contribution in [3.05, 3.63) is 71.5 Å². The lowest BCUT2D eigenvalue weighted by Gasteiger charge is -2.26. The maximum atomic E-state index is 12.9. The second-order valence-corrected chi connectivity index (χ2v) is 8.24. The van der Waals surface area contributed by atoms with E-state index in [1.165, 1.54) is 28.6 Å². The van der Waals surface area contributed by atoms with Crippen LogP contribution in [0.15, 0.2) is 54.6 Å². The Morgan fingerprint density at radius 1 is 1.08 bits per heavy atom. The van der Waals surface area contributed by atoms with Gasteiger partial charge in [-0.15, -0.1) is 0 Å². The van der Waals surface area contributed by atoms with E-state index in [0.29, 0.717) is 0 Å². The van der Waals surface area contributed by atoms with Gasteiger partial charge in [0, 0.05) is 24.7 Å². The smallest absolute Gasteiger partial charge is 0.251 e. The molecule has 0 aromatic heterocycles. The Labute approximate surface area is 153 Å². The third-order valence-corrected chi connectivity index (χ3v) is 5.85. The van der Waals surface area contributed by atoms with Crippen molar-refractivity contribution in [2.75, 3.05) is 12.3 Å². The highest BCUT2D eigenvalue weighted by Gasteiger charge is 2.25. The van der Waals surface area contributed by atoms with Gasteiger partial charge in [-0.25, -0.2) is 12.8 Å². The third-order valence-electron chi connectivity index (χ3n) is 3.87. The maximum absolute atomic E-state index is 12.9. The molecular formula is C19H23FN2O3S. The molecule has 0 saturated carbocycles. The SMILES string of the molecule is CC(C)N(Cc1ccccc1)S(=O)(=O)CCNC(=O)c1ccc(F)cc1. The number of hydrogen-bond donors (Lipinski definition) is 1. The Kier molecular flexibility index (Phi) is 6.88. The summed E-state index contributed by atoms with van der Waals surface area (Å²) in [6, 6.07) is 14.2. The standard InChI is InChI=1S/C19H23FN2O3S/c1-15(2)22(14-16-6-4-3-5-7-16)26(24,25)13-12-21-19(23)17-8-10-18(20)11-9-17/h3-11,15H,12-14H2,1-2H3,(H,21,23). The summed E-state index contributed by atoms with van der Waals surface area (Å²) in [5.41, 5.74) is 1.19. The van der Waals surface area contributed by atoms with Crippen molar-refractivity contribution in [2.24, 2.45) is 0 Å². The molecule has 1 amide bonds. The van der Waals surface area contributed by atoms with Crippen LogP contribution >= 0.6 is 0 Å². The van der Waals surface area contributed by atoms with Crippen LogP contribution in [0.2, 0.25) is 0 Å². The van der Waals surface area contributed by atoms with Gasteiger partial charge in [-0.3, -0.25) is 4.79 Å². The van der Waals surface area contributed by atoms with Crippen LogP contribution in [0.25, 0.3) is 0 Å². The first-order chi connectivity index (χ1) is 12.3. The van der Waals surface area contributed by atoms with Crippen molar-refractivity contribution in [3.8, 4) is 0 Å². The normalized spacial score (nSPS) is 11.7. The topological polar surface area (TPSA) is 66.5 Å². The van der Waals surface area contributed by atoms with Gasteiger partial charge in [0.1, 0.15) is 5.82 Å². The maximum Gasteiger partial charge on any atom is 0.251 e. The fourth-order valence-corrected chi connectivity index (χ4v) is 4.06. The molecule has 0 bridgehead atoms. The Morgan fingerprint density at radius 3 is 2.27 bits per heavy atom. The Balaban J connectivity index is 1.96. The van der Waals surface area contributed by atoms with Crippen molar-refractivity contribution in [1.29, 1.82) is 0 Å². The van der Waals surface area contributed by atoms with Gasteiger partial charge in [0.15, 0.2) is 0 Å². The summed E-state index contributed by atoms with van der Waals surface area (Å²) in [7, 11) is -3.55. The molecule has 0 unspecified atom stereocenters. The van der Waals surface area contributed by atoms with E-state index < -0.39 is 21.7 Å². The second kappa shape index (κ2) is 8.91. The monoisotopic (exact) mass is 378 g/mol. The fraction of sp³-hybridized carbons (Fsp3) is 0.316. The van der Waals surface area contributed by atoms with Crippen LogP contribution in [0.1, 0.15) is 29.8 Å². The summed E-state index contributed by atoms with van der Waals surface area (Å²) in [6.45, 7) is 3.90. The highest BCUT2D eigenvalue weighted by Crippen LogP contribution is 2.13. The van der Waals surface area contributed by atoms with Crippen molar-refractivity contribution in [3.63, 3.8) is 0 Å². The lowest BCUT2D eigenvalue weighted by Crippen LogP contribution is -2.41. The Morgan fingerprint density at radius 2 is 1.69 bits per heavy atom. The average Bonchev–Trinajstić information content (AvgIpc) is 2.60. The van der Waals surface area contributed by atoms with Gasteiger partial charge >= 0.3 is 0 Å². The second-order valence-electron chi connectivity index (χ2n) is 6.20. The molecule has 2 aromatic rings. The van der Waals surface area contributed by atoms with E-state index in [9.17, 15) is 17.6 Å². The van der Waals surface area contributed by atoms with E-state index >= 15 is 0 Å². The zero-order valence-corrected chi connectivity index (χ0v) is 15.7. The minimum Gasteiger partial charge on any atom is -0.351 e. The molecule has 7 heteroatoms. The molecule has 1 N–H and O–H groups in total. The first kappa shape index (κ1) is 20.1. The van der Waals surface area contributed by atoms with Crippen LogP contribution in [-0.2, 0) is 16.6 Å². The van der Waals surface area contributed by atoms with Crippen LogP contribution in [0.4, 0.5) is 4.39 Å². The Hall–Kier alpha value is -2.25. The molecule has 0 spiro atoms. The molecule has 0 fully saturated rings. The summed E-state index contributed by atoms with van der Waals surface area (Å²) in [5, 5.41) is 2.56. The largest absolute Gasteiger partial charge is 0.351 e. The number of nitrogens with one attached hydrogen (secondary N) is 1. The summed E-state index contributed by atoms with van der Waals surface area (Å²) < 4.78 is 39.6. The van der Waals surface area contributed by atoms with E-state index in [2.05, 4.69) is 5.32 Å². The van der Waals surface area contributed by atoms with Crippen LogP contribution in [-0.4, -0.2) is 37.0 Å². The molecule has 2 aromatic carbocycles. The zero-order chi connectivity index (χ0) is 19.2. The molecule has 2 rings (SSSR count). The summed E-state index contributed by atoms with van der Waals surface area (Å²) in [5.74, 6) is -1.07. The van der Waals surface area contributed by atoms with Gasteiger partial charge in [-0.05, 0) is 43.7 Å². The van der Waals surface area contributed by atoms with Crippen molar-refractivity contribution in [1.82, 2.24) is 9.62 Å². The van der Waals surface area contributed by atoms with Gasteiger partial charge in [-0.1, -0.05) is 30.3 Å². The minimum absolute atomic E-state index is 0.0173. The van der Waals surface area contributed by atoms with Gasteiger partial charge in [-0.2, -0.15) is 4.31 Å². The number of carbonyl (C=O) groups is 1. The predicted octanol–water partition coefficient (Wildman–Crippen LogP) is 2.80. The van der Waals surface area contributed by atoms with Gasteiger partial charge < -0.3 is 5.32 Å². The van der Waals surface area contributed by atoms with Crippen molar-refractivity contribution < 1.29 is 17.6 Å². The highest BCUT2D eigenvalue weighted by molar-refractivity contribution is 7.89. The van der Waals surface area contributed by atoms with Crippen LogP contribution < -0.4 is 5.32 Å². The third kappa shape index (κ3) is 5.64. The fourth-order valence-electron chi connectivity index (χ4n) is 2.48. The minimum atomic E-state index is -3.55. The van der Waals surface area contributed by atoms with E-state index in [1.54, 1.807) is 0 Å². The number of nitrogens with zero attached hydrogens (tertiary/aromatic N) is 1. The average molecular weight is 378 g/mol. The van der Waals surface area contributed by atoms with Gasteiger partial charge in [0.05, 0.1) is 5.75 Å². The molecular weight excluding hydrogens is 355 g/mol. The number of rotatable bonds is 8. The van der Waals surface area contributed by atoms with Gasteiger partial charge in [0.25, 0.3) is 5.91 Å². The van der Waals surface area contributed by atoms with Crippen LogP contribution in [0.3, 0.4) is 0 Å². The number of benzene rings is 2. The molecule has 0 aliphatic rings. The van der Waals surface area contributed by atoms with Gasteiger partial charge in [0.2, 0.25) is 10.0 Å². The first-order valence-electron chi connectivity index (χ1n) is 8.37. The number of hydrogen-bond acceptors (Lipinski definition) is 3. The molecule has 5 nitrogen and oxygen atoms in total. The van der Waals surface area contributed by atoms with Crippen molar-refractivity contribution in [2.45, 2.75) is 26.4 Å². The molecule has 0 atom stereocenters. The molecule has 0 heterocycles. The summed E-state index contributed by atoms with van der Waals surface area (Å²) in [4.78, 5) is 12.0. The number of halogens is 1. The summed E-state index contributed by atoms with van der Waals surface area (Å²) >= 11 is 0. The molecule has 0 saturated heterocycles. The van der Waals surface area contributed by atoms with E-state index in [4.69, 9.17) is 0 Å². The van der Waals surface area contributed by atoms with Crippen LogP contribution in [0.5, 0.6) is 0 Å².